The number of aliphatic hydroxyl groups is 1. The number of carbonyl (C=O) groups is 1. The number of ether oxygens (including phenoxy) is 4. The van der Waals surface area contributed by atoms with Crippen molar-refractivity contribution in [2.45, 2.75) is 43.6 Å². The van der Waals surface area contributed by atoms with Gasteiger partial charge in [-0.15, -0.1) is 0 Å². The second-order valence-electron chi connectivity index (χ2n) is 9.52. The summed E-state index contributed by atoms with van der Waals surface area (Å²) < 4.78 is 38.2. The van der Waals surface area contributed by atoms with Crippen LogP contribution in [0.2, 0.25) is 0 Å². The molecule has 3 heterocycles. The summed E-state index contributed by atoms with van der Waals surface area (Å²) in [6.07, 6.45) is 1.96. The zero-order valence-corrected chi connectivity index (χ0v) is 21.3. The highest BCUT2D eigenvalue weighted by Gasteiger charge is 2.37. The van der Waals surface area contributed by atoms with E-state index in [9.17, 15) is 14.5 Å². The van der Waals surface area contributed by atoms with E-state index in [1.165, 1.54) is 0 Å². The summed E-state index contributed by atoms with van der Waals surface area (Å²) in [5.41, 5.74) is 0.899. The van der Waals surface area contributed by atoms with Crippen LogP contribution in [0.5, 0.6) is 28.9 Å². The highest BCUT2D eigenvalue weighted by molar-refractivity contribution is 7.90. The van der Waals surface area contributed by atoms with Crippen molar-refractivity contribution in [2.75, 3.05) is 13.2 Å². The van der Waals surface area contributed by atoms with E-state index in [4.69, 9.17) is 18.9 Å². The van der Waals surface area contributed by atoms with Gasteiger partial charge in [-0.05, 0) is 38.1 Å². The molecule has 1 aromatic heterocycles. The number of carbonyl (C=O) groups excluding carboxylic acids is 1. The van der Waals surface area contributed by atoms with Crippen LogP contribution >= 0.6 is 0 Å². The van der Waals surface area contributed by atoms with Crippen LogP contribution in [0.15, 0.2) is 60.8 Å². The zero-order chi connectivity index (χ0) is 26.0. The highest BCUT2D eigenvalue weighted by atomic mass is 32.2. The van der Waals surface area contributed by atoms with Crippen LogP contribution in [-0.4, -0.2) is 39.4 Å². The summed E-state index contributed by atoms with van der Waals surface area (Å²) in [6, 6.07) is 16.4. The van der Waals surface area contributed by atoms with Crippen molar-refractivity contribution in [3.05, 3.63) is 71.9 Å². The molecule has 0 saturated carbocycles. The number of hydrogen-bond acceptors (Lipinski definition) is 8. The Morgan fingerprint density at radius 1 is 1.16 bits per heavy atom. The van der Waals surface area contributed by atoms with Gasteiger partial charge in [0.2, 0.25) is 5.88 Å². The first-order valence-electron chi connectivity index (χ1n) is 12.0. The molecule has 0 radical (unpaired) electrons. The Morgan fingerprint density at radius 2 is 1.95 bits per heavy atom. The number of aromatic nitrogens is 1. The Balaban J connectivity index is 1.21. The molecule has 2 aromatic carbocycles. The minimum Gasteiger partial charge on any atom is -0.593 e. The van der Waals surface area contributed by atoms with Gasteiger partial charge in [-0.2, -0.15) is 4.72 Å². The van der Waals surface area contributed by atoms with E-state index in [0.717, 1.165) is 11.1 Å². The van der Waals surface area contributed by atoms with Gasteiger partial charge in [-0.25, -0.2) is 4.98 Å². The third kappa shape index (κ3) is 6.10. The third-order valence-corrected chi connectivity index (χ3v) is 7.39. The maximum Gasteiger partial charge on any atom is 0.266 e. The van der Waals surface area contributed by atoms with E-state index in [2.05, 4.69) is 9.71 Å². The molecule has 1 fully saturated rings. The van der Waals surface area contributed by atoms with E-state index in [1.54, 1.807) is 32.2 Å². The van der Waals surface area contributed by atoms with Gasteiger partial charge in [-0.3, -0.25) is 4.79 Å². The van der Waals surface area contributed by atoms with Gasteiger partial charge in [0.1, 0.15) is 18.1 Å². The fourth-order valence-corrected chi connectivity index (χ4v) is 5.21. The third-order valence-electron chi connectivity index (χ3n) is 6.01. The predicted molar refractivity (Wildman–Crippen MR) is 136 cm³/mol. The van der Waals surface area contributed by atoms with Crippen molar-refractivity contribution < 1.29 is 33.4 Å². The number of hydrogen-bond donors (Lipinski definition) is 2. The lowest BCUT2D eigenvalue weighted by Crippen LogP contribution is -2.21. The number of pyridine rings is 1. The van der Waals surface area contributed by atoms with E-state index >= 15 is 0 Å². The van der Waals surface area contributed by atoms with Crippen molar-refractivity contribution in [1.29, 1.82) is 0 Å². The molecule has 0 bridgehead atoms. The van der Waals surface area contributed by atoms with E-state index in [1.807, 2.05) is 42.5 Å². The van der Waals surface area contributed by atoms with Gasteiger partial charge >= 0.3 is 0 Å². The summed E-state index contributed by atoms with van der Waals surface area (Å²) in [6.45, 7) is 4.15. The number of fused-ring (bicyclic) bond motifs is 1. The Morgan fingerprint density at radius 3 is 2.62 bits per heavy atom. The lowest BCUT2D eigenvalue weighted by Gasteiger charge is -2.16. The monoisotopic (exact) mass is 524 g/mol. The van der Waals surface area contributed by atoms with Crippen LogP contribution < -0.4 is 23.7 Å². The lowest BCUT2D eigenvalue weighted by molar-refractivity contribution is -0.118. The largest absolute Gasteiger partial charge is 0.593 e. The summed E-state index contributed by atoms with van der Waals surface area (Å²) in [5, 5.41) is 9.44. The first-order chi connectivity index (χ1) is 17.7. The van der Waals surface area contributed by atoms with Crippen LogP contribution in [0, 0.1) is 0 Å². The normalized spacial score (nSPS) is 20.6. The SMILES string of the molecule is CC(C)(O)CCOc1ccc(Oc2cccc3c2OC[C@H]3Oc2ccc(C3CC(=O)N[S+]3[O-])cc2)cn1. The number of rotatable bonds is 9. The van der Waals surface area contributed by atoms with Crippen molar-refractivity contribution in [3.63, 3.8) is 0 Å². The van der Waals surface area contributed by atoms with Crippen LogP contribution in [-0.2, 0) is 16.2 Å². The second kappa shape index (κ2) is 10.5. The molecule has 2 aliphatic heterocycles. The maximum atomic E-state index is 12.0. The maximum absolute atomic E-state index is 12.0. The average molecular weight is 525 g/mol. The molecule has 1 amide bonds. The molecule has 10 heteroatoms. The van der Waals surface area contributed by atoms with E-state index < -0.39 is 17.0 Å². The summed E-state index contributed by atoms with van der Waals surface area (Å²) in [4.78, 5) is 15.8. The fourth-order valence-electron chi connectivity index (χ4n) is 4.05. The van der Waals surface area contributed by atoms with Gasteiger partial charge in [0, 0.05) is 23.6 Å². The molecular weight excluding hydrogens is 496 g/mol. The zero-order valence-electron chi connectivity index (χ0n) is 20.5. The first kappa shape index (κ1) is 25.2. The Kier molecular flexibility index (Phi) is 7.14. The lowest BCUT2D eigenvalue weighted by atomic mass is 10.1. The number of amides is 1. The van der Waals surface area contributed by atoms with Crippen molar-refractivity contribution in [1.82, 2.24) is 9.71 Å². The van der Waals surface area contributed by atoms with Crippen molar-refractivity contribution >= 4 is 17.3 Å². The fraction of sp³-hybridized carbons (Fsp3) is 0.333. The quantitative estimate of drug-likeness (QED) is 0.400. The Bertz CT molecular complexity index is 1250. The van der Waals surface area contributed by atoms with Crippen molar-refractivity contribution in [2.24, 2.45) is 0 Å². The van der Waals surface area contributed by atoms with Crippen LogP contribution in [0.4, 0.5) is 0 Å². The number of para-hydroxylation sites is 1. The van der Waals surface area contributed by atoms with Gasteiger partial charge in [0.05, 0.1) is 36.2 Å². The molecule has 194 valence electrons. The van der Waals surface area contributed by atoms with E-state index in [0.29, 0.717) is 48.5 Å². The molecule has 0 spiro atoms. The summed E-state index contributed by atoms with van der Waals surface area (Å²) >= 11 is -1.40. The molecule has 37 heavy (non-hydrogen) atoms. The molecule has 0 aliphatic carbocycles. The topological polar surface area (TPSA) is 122 Å². The molecule has 2 unspecified atom stereocenters. The van der Waals surface area contributed by atoms with Crippen molar-refractivity contribution in [3.8, 4) is 28.9 Å². The van der Waals surface area contributed by atoms with Gasteiger partial charge in [0.25, 0.3) is 5.91 Å². The number of nitrogens with zero attached hydrogens (tertiary/aromatic N) is 1. The summed E-state index contributed by atoms with van der Waals surface area (Å²) in [7, 11) is 0. The molecule has 1 saturated heterocycles. The van der Waals surface area contributed by atoms with E-state index in [-0.39, 0.29) is 23.7 Å². The van der Waals surface area contributed by atoms with Crippen LogP contribution in [0.1, 0.15) is 49.2 Å². The smallest absolute Gasteiger partial charge is 0.266 e. The Labute approximate surface area is 218 Å². The molecule has 3 atom stereocenters. The van der Waals surface area contributed by atoms with Gasteiger partial charge < -0.3 is 28.6 Å². The molecular formula is C27H28N2O7S. The summed E-state index contributed by atoms with van der Waals surface area (Å²) in [5.74, 6) is 2.59. The highest BCUT2D eigenvalue weighted by Crippen LogP contribution is 2.43. The Hall–Kier alpha value is -3.47. The van der Waals surface area contributed by atoms with Gasteiger partial charge in [0.15, 0.2) is 22.9 Å². The molecule has 3 aromatic rings. The minimum atomic E-state index is -1.40. The molecule has 2 aliphatic rings. The number of nitrogens with one attached hydrogen (secondary N) is 1. The molecule has 9 nitrogen and oxygen atoms in total. The minimum absolute atomic E-state index is 0.205. The van der Waals surface area contributed by atoms with Crippen LogP contribution in [0.3, 0.4) is 0 Å². The standard InChI is InChI=1S/C27H28N2O7S/c1-27(2,31)12-13-33-25-11-10-19(15-28-25)36-21-5-3-4-20-22(16-34-26(20)21)35-18-8-6-17(7-9-18)23-14-24(30)29-37(23)32/h3-11,15,22-23,31H,12-14,16H2,1-2H3,(H,29,30)/t22-,23?,37?/m1/s1. The number of benzene rings is 2. The van der Waals surface area contributed by atoms with Gasteiger partial charge in [-0.1, -0.05) is 24.3 Å². The molecule has 5 rings (SSSR count). The van der Waals surface area contributed by atoms with Crippen LogP contribution in [0.25, 0.3) is 0 Å². The molecule has 2 N–H and O–H groups in total. The average Bonchev–Trinajstić information content (AvgIpc) is 3.42. The second-order valence-corrected chi connectivity index (χ2v) is 10.9. The predicted octanol–water partition coefficient (Wildman–Crippen LogP) is 4.15. The first-order valence-corrected chi connectivity index (χ1v) is 13.2.